The van der Waals surface area contributed by atoms with Gasteiger partial charge in [0.2, 0.25) is 0 Å². The monoisotopic (exact) mass is 304 g/mol. The van der Waals surface area contributed by atoms with Gasteiger partial charge >= 0.3 is 0 Å². The van der Waals surface area contributed by atoms with Gasteiger partial charge in [0, 0.05) is 5.56 Å². The number of amides is 1. The minimum absolute atomic E-state index is 0.137. The Labute approximate surface area is 114 Å². The van der Waals surface area contributed by atoms with Crippen LogP contribution in [0.2, 0.25) is 0 Å². The van der Waals surface area contributed by atoms with Gasteiger partial charge in [-0.25, -0.2) is 4.98 Å². The summed E-state index contributed by atoms with van der Waals surface area (Å²) in [5.74, 6) is 0.400. The molecule has 1 N–H and O–H groups in total. The van der Waals surface area contributed by atoms with Gasteiger partial charge in [0.05, 0.1) is 0 Å². The van der Waals surface area contributed by atoms with E-state index in [-0.39, 0.29) is 5.91 Å². The highest BCUT2D eigenvalue weighted by Gasteiger charge is 2.10. The second-order valence-electron chi connectivity index (χ2n) is 4.12. The number of anilines is 1. The number of rotatable bonds is 2. The SMILES string of the molecule is Cc1ccc(C)c(C(=O)Nc2cccc(Br)n2)c1. The van der Waals surface area contributed by atoms with E-state index >= 15 is 0 Å². The second kappa shape index (κ2) is 5.31. The van der Waals surface area contributed by atoms with Crippen molar-refractivity contribution >= 4 is 27.7 Å². The van der Waals surface area contributed by atoms with E-state index < -0.39 is 0 Å². The lowest BCUT2D eigenvalue weighted by atomic mass is 10.1. The van der Waals surface area contributed by atoms with Crippen LogP contribution in [-0.2, 0) is 0 Å². The Balaban J connectivity index is 2.24. The Bertz CT molecular complexity index is 596. The van der Waals surface area contributed by atoms with Crippen molar-refractivity contribution in [1.29, 1.82) is 0 Å². The minimum atomic E-state index is -0.137. The van der Waals surface area contributed by atoms with Crippen LogP contribution in [0, 0.1) is 13.8 Å². The number of benzene rings is 1. The lowest BCUT2D eigenvalue weighted by Crippen LogP contribution is -2.14. The Kier molecular flexibility index (Phi) is 3.77. The summed E-state index contributed by atoms with van der Waals surface area (Å²) in [4.78, 5) is 16.3. The molecule has 2 aromatic rings. The van der Waals surface area contributed by atoms with Gasteiger partial charge in [-0.1, -0.05) is 23.8 Å². The van der Waals surface area contributed by atoms with E-state index in [9.17, 15) is 4.79 Å². The van der Waals surface area contributed by atoms with E-state index in [2.05, 4.69) is 26.2 Å². The van der Waals surface area contributed by atoms with Gasteiger partial charge in [-0.15, -0.1) is 0 Å². The lowest BCUT2D eigenvalue weighted by molar-refractivity contribution is 0.102. The topological polar surface area (TPSA) is 42.0 Å². The van der Waals surface area contributed by atoms with E-state index in [4.69, 9.17) is 0 Å². The molecule has 2 rings (SSSR count). The van der Waals surface area contributed by atoms with Crippen molar-refractivity contribution in [2.45, 2.75) is 13.8 Å². The Morgan fingerprint density at radius 1 is 1.22 bits per heavy atom. The number of carbonyl (C=O) groups is 1. The number of aromatic nitrogens is 1. The molecule has 0 fully saturated rings. The van der Waals surface area contributed by atoms with Crippen molar-refractivity contribution in [2.24, 2.45) is 0 Å². The molecule has 0 radical (unpaired) electrons. The molecule has 1 heterocycles. The summed E-state index contributed by atoms with van der Waals surface area (Å²) in [6.45, 7) is 3.89. The van der Waals surface area contributed by atoms with Crippen LogP contribution >= 0.6 is 15.9 Å². The first-order valence-corrected chi connectivity index (χ1v) is 6.37. The predicted octanol–water partition coefficient (Wildman–Crippen LogP) is 3.71. The average molecular weight is 305 g/mol. The van der Waals surface area contributed by atoms with E-state index in [0.29, 0.717) is 16.0 Å². The Hall–Kier alpha value is -1.68. The smallest absolute Gasteiger partial charge is 0.257 e. The molecule has 0 spiro atoms. The van der Waals surface area contributed by atoms with Gasteiger partial charge in [0.15, 0.2) is 0 Å². The fourth-order valence-corrected chi connectivity index (χ4v) is 1.99. The number of nitrogens with zero attached hydrogens (tertiary/aromatic N) is 1. The summed E-state index contributed by atoms with van der Waals surface area (Å²) in [6.07, 6.45) is 0. The molecule has 0 aliphatic rings. The number of nitrogens with one attached hydrogen (secondary N) is 1. The molecule has 0 atom stereocenters. The molecule has 1 aromatic heterocycles. The summed E-state index contributed by atoms with van der Waals surface area (Å²) in [7, 11) is 0. The molecule has 18 heavy (non-hydrogen) atoms. The normalized spacial score (nSPS) is 10.2. The summed E-state index contributed by atoms with van der Waals surface area (Å²) >= 11 is 3.27. The molecule has 0 aliphatic heterocycles. The van der Waals surface area contributed by atoms with E-state index in [1.807, 2.05) is 44.2 Å². The number of carbonyl (C=O) groups excluding carboxylic acids is 1. The molecule has 1 amide bonds. The molecular weight excluding hydrogens is 292 g/mol. The minimum Gasteiger partial charge on any atom is -0.307 e. The molecule has 0 saturated carbocycles. The average Bonchev–Trinajstić information content (AvgIpc) is 2.32. The summed E-state index contributed by atoms with van der Waals surface area (Å²) in [5.41, 5.74) is 2.69. The first-order valence-electron chi connectivity index (χ1n) is 5.57. The third kappa shape index (κ3) is 2.96. The zero-order chi connectivity index (χ0) is 13.1. The molecule has 4 heteroatoms. The van der Waals surface area contributed by atoms with Gasteiger partial charge in [-0.3, -0.25) is 4.79 Å². The highest BCUT2D eigenvalue weighted by molar-refractivity contribution is 9.10. The van der Waals surface area contributed by atoms with Crippen LogP contribution in [0.1, 0.15) is 21.5 Å². The van der Waals surface area contributed by atoms with Crippen LogP contribution in [0.5, 0.6) is 0 Å². The highest BCUT2D eigenvalue weighted by atomic mass is 79.9. The number of halogens is 1. The van der Waals surface area contributed by atoms with Gasteiger partial charge < -0.3 is 5.32 Å². The van der Waals surface area contributed by atoms with Crippen LogP contribution in [-0.4, -0.2) is 10.9 Å². The first-order chi connectivity index (χ1) is 8.56. The van der Waals surface area contributed by atoms with Crippen molar-refractivity contribution < 1.29 is 4.79 Å². The van der Waals surface area contributed by atoms with E-state index in [1.54, 1.807) is 6.07 Å². The maximum absolute atomic E-state index is 12.1. The molecule has 3 nitrogen and oxygen atoms in total. The van der Waals surface area contributed by atoms with E-state index in [1.165, 1.54) is 0 Å². The fourth-order valence-electron chi connectivity index (χ4n) is 1.64. The van der Waals surface area contributed by atoms with Crippen LogP contribution in [0.15, 0.2) is 41.0 Å². The number of aryl methyl sites for hydroxylation is 2. The molecular formula is C14H13BrN2O. The van der Waals surface area contributed by atoms with Crippen LogP contribution in [0.4, 0.5) is 5.82 Å². The predicted molar refractivity (Wildman–Crippen MR) is 75.8 cm³/mol. The summed E-state index contributed by atoms with van der Waals surface area (Å²) < 4.78 is 0.696. The van der Waals surface area contributed by atoms with Crippen LogP contribution in [0.25, 0.3) is 0 Å². The van der Waals surface area contributed by atoms with Crippen molar-refractivity contribution in [3.05, 3.63) is 57.7 Å². The maximum atomic E-state index is 12.1. The molecule has 0 bridgehead atoms. The zero-order valence-corrected chi connectivity index (χ0v) is 11.8. The van der Waals surface area contributed by atoms with Crippen LogP contribution in [0.3, 0.4) is 0 Å². The van der Waals surface area contributed by atoms with Crippen molar-refractivity contribution in [3.63, 3.8) is 0 Å². The number of hydrogen-bond donors (Lipinski definition) is 1. The summed E-state index contributed by atoms with van der Waals surface area (Å²) in [6, 6.07) is 11.2. The first kappa shape index (κ1) is 12.8. The van der Waals surface area contributed by atoms with Gasteiger partial charge in [-0.05, 0) is 53.5 Å². The molecule has 0 aliphatic carbocycles. The largest absolute Gasteiger partial charge is 0.307 e. The van der Waals surface area contributed by atoms with Crippen molar-refractivity contribution in [2.75, 3.05) is 5.32 Å². The Morgan fingerprint density at radius 3 is 2.72 bits per heavy atom. The van der Waals surface area contributed by atoms with Crippen molar-refractivity contribution in [3.8, 4) is 0 Å². The highest BCUT2D eigenvalue weighted by Crippen LogP contribution is 2.14. The second-order valence-corrected chi connectivity index (χ2v) is 4.93. The van der Waals surface area contributed by atoms with Gasteiger partial charge in [0.25, 0.3) is 5.91 Å². The van der Waals surface area contributed by atoms with Gasteiger partial charge in [-0.2, -0.15) is 0 Å². The van der Waals surface area contributed by atoms with Crippen LogP contribution < -0.4 is 5.32 Å². The van der Waals surface area contributed by atoms with Gasteiger partial charge in [0.1, 0.15) is 10.4 Å². The molecule has 1 aromatic carbocycles. The van der Waals surface area contributed by atoms with E-state index in [0.717, 1.165) is 11.1 Å². The third-order valence-electron chi connectivity index (χ3n) is 2.59. The maximum Gasteiger partial charge on any atom is 0.257 e. The number of hydrogen-bond acceptors (Lipinski definition) is 2. The Morgan fingerprint density at radius 2 is 2.00 bits per heavy atom. The number of pyridine rings is 1. The fraction of sp³-hybridized carbons (Fsp3) is 0.143. The molecule has 0 unspecified atom stereocenters. The lowest BCUT2D eigenvalue weighted by Gasteiger charge is -2.08. The summed E-state index contributed by atoms with van der Waals surface area (Å²) in [5, 5.41) is 2.79. The zero-order valence-electron chi connectivity index (χ0n) is 10.2. The quantitative estimate of drug-likeness (QED) is 0.859. The third-order valence-corrected chi connectivity index (χ3v) is 3.04. The molecule has 0 saturated heterocycles. The van der Waals surface area contributed by atoms with Crippen molar-refractivity contribution in [1.82, 2.24) is 4.98 Å². The standard InChI is InChI=1S/C14H13BrN2O/c1-9-6-7-10(2)11(8-9)14(18)17-13-5-3-4-12(15)16-13/h3-8H,1-2H3,(H,16,17,18). The molecule has 92 valence electrons.